The summed E-state index contributed by atoms with van der Waals surface area (Å²) < 4.78 is 10.9. The van der Waals surface area contributed by atoms with Gasteiger partial charge in [0.25, 0.3) is 5.69 Å². The third-order valence-electron chi connectivity index (χ3n) is 6.61. The van der Waals surface area contributed by atoms with E-state index in [2.05, 4.69) is 10.6 Å². The van der Waals surface area contributed by atoms with Crippen molar-refractivity contribution in [2.75, 3.05) is 17.4 Å². The Morgan fingerprint density at radius 2 is 1.62 bits per heavy atom. The van der Waals surface area contributed by atoms with Crippen molar-refractivity contribution >= 4 is 22.8 Å². The van der Waals surface area contributed by atoms with Crippen LogP contribution < -0.4 is 20.1 Å². The molecule has 2 N–H and O–H groups in total. The normalized spacial score (nSPS) is 20.5. The van der Waals surface area contributed by atoms with Crippen LogP contribution in [-0.4, -0.2) is 17.5 Å². The molecule has 0 saturated heterocycles. The molecule has 170 valence electrons. The molecule has 2 aliphatic heterocycles. The lowest BCUT2D eigenvalue weighted by Crippen LogP contribution is -2.27. The first kappa shape index (κ1) is 20.3. The van der Waals surface area contributed by atoms with E-state index in [1.54, 1.807) is 6.07 Å². The fraction of sp³-hybridized carbons (Fsp3) is 0.192. The van der Waals surface area contributed by atoms with Crippen LogP contribution in [0.2, 0.25) is 0 Å². The third-order valence-corrected chi connectivity index (χ3v) is 6.61. The number of carbonyl (C=O) groups excluding carboxylic acids is 1. The molecule has 1 aliphatic carbocycles. The van der Waals surface area contributed by atoms with Crippen molar-refractivity contribution in [3.8, 4) is 11.5 Å². The van der Waals surface area contributed by atoms with Crippen LogP contribution in [0.25, 0.3) is 0 Å². The van der Waals surface area contributed by atoms with E-state index in [-0.39, 0.29) is 24.2 Å². The summed E-state index contributed by atoms with van der Waals surface area (Å²) in [5.41, 5.74) is 4.23. The second kappa shape index (κ2) is 7.91. The smallest absolute Gasteiger partial charge is 0.279 e. The molecule has 8 nitrogen and oxygen atoms in total. The van der Waals surface area contributed by atoms with E-state index in [9.17, 15) is 14.9 Å². The molecule has 0 unspecified atom stereocenters. The molecule has 3 aliphatic rings. The van der Waals surface area contributed by atoms with Crippen LogP contribution in [0.5, 0.6) is 11.5 Å². The Morgan fingerprint density at radius 1 is 0.912 bits per heavy atom. The lowest BCUT2D eigenvalue weighted by Gasteiger charge is -2.29. The van der Waals surface area contributed by atoms with Crippen molar-refractivity contribution in [3.63, 3.8) is 0 Å². The van der Waals surface area contributed by atoms with E-state index in [0.29, 0.717) is 35.5 Å². The van der Waals surface area contributed by atoms with Gasteiger partial charge in [-0.1, -0.05) is 42.5 Å². The Balaban J connectivity index is 1.52. The van der Waals surface area contributed by atoms with Gasteiger partial charge in [0, 0.05) is 17.7 Å². The number of Topliss-reactive ketones (excluding diaryl/α,β-unsaturated/α-hetero) is 1. The van der Waals surface area contributed by atoms with Crippen molar-refractivity contribution in [1.29, 1.82) is 0 Å². The number of carbonyl (C=O) groups is 1. The van der Waals surface area contributed by atoms with Crippen molar-refractivity contribution in [1.82, 2.24) is 0 Å². The van der Waals surface area contributed by atoms with Crippen molar-refractivity contribution in [2.45, 2.75) is 24.8 Å². The van der Waals surface area contributed by atoms with E-state index in [0.717, 1.165) is 22.6 Å². The zero-order chi connectivity index (χ0) is 23.2. The summed E-state index contributed by atoms with van der Waals surface area (Å²) in [6.45, 7) is 0.00403. The van der Waals surface area contributed by atoms with Crippen molar-refractivity contribution < 1.29 is 19.2 Å². The number of allylic oxidation sites excluding steroid dienone is 1. The number of fused-ring (bicyclic) bond motifs is 2. The summed E-state index contributed by atoms with van der Waals surface area (Å²) >= 11 is 0. The Morgan fingerprint density at radius 3 is 2.38 bits per heavy atom. The van der Waals surface area contributed by atoms with Gasteiger partial charge in [-0.25, -0.2) is 0 Å². The molecule has 0 amide bonds. The number of ketones is 1. The van der Waals surface area contributed by atoms with Crippen molar-refractivity contribution in [2.24, 2.45) is 0 Å². The summed E-state index contributed by atoms with van der Waals surface area (Å²) in [4.78, 5) is 25.2. The van der Waals surface area contributed by atoms with Gasteiger partial charge in [0.1, 0.15) is 0 Å². The molecular formula is C26H21N3O5. The van der Waals surface area contributed by atoms with Gasteiger partial charge in [0.05, 0.1) is 34.0 Å². The maximum absolute atomic E-state index is 13.7. The summed E-state index contributed by atoms with van der Waals surface area (Å²) in [6, 6.07) is 19.9. The quantitative estimate of drug-likeness (QED) is 0.408. The zero-order valence-corrected chi connectivity index (χ0v) is 18.1. The number of hydrogen-bond donors (Lipinski definition) is 2. The van der Waals surface area contributed by atoms with Crippen LogP contribution in [0.3, 0.4) is 0 Å². The Bertz CT molecular complexity index is 1350. The fourth-order valence-electron chi connectivity index (χ4n) is 5.02. The highest BCUT2D eigenvalue weighted by atomic mass is 16.7. The largest absolute Gasteiger partial charge is 0.454 e. The number of nitrogens with zero attached hydrogens (tertiary/aromatic N) is 1. The number of nitro benzene ring substituents is 1. The highest BCUT2D eigenvalue weighted by Crippen LogP contribution is 2.48. The topological polar surface area (TPSA) is 103 Å². The second-order valence-corrected chi connectivity index (χ2v) is 8.60. The molecule has 0 saturated carbocycles. The predicted molar refractivity (Wildman–Crippen MR) is 126 cm³/mol. The lowest BCUT2D eigenvalue weighted by molar-refractivity contribution is -0.385. The van der Waals surface area contributed by atoms with Gasteiger partial charge in [-0.05, 0) is 36.1 Å². The Labute approximate surface area is 195 Å². The van der Waals surface area contributed by atoms with Crippen LogP contribution in [-0.2, 0) is 4.79 Å². The average molecular weight is 455 g/mol. The first-order valence-corrected chi connectivity index (χ1v) is 11.1. The molecule has 2 heterocycles. The summed E-state index contributed by atoms with van der Waals surface area (Å²) in [7, 11) is 0. The summed E-state index contributed by atoms with van der Waals surface area (Å²) in [6.07, 6.45) is 0.952. The van der Waals surface area contributed by atoms with E-state index in [1.807, 2.05) is 54.6 Å². The standard InChI is InChI=1S/C26H21N3O5/c30-22-11-16(15-6-2-1-3-7-15)10-20-25(22)26(28-19-9-5-4-8-18(19)27-20)17-12-23-24(34-14-33-23)13-21(17)29(31)32/h1-9,12-13,16,26-28H,10-11,14H2/t16-,26-/m0/s1. The Kier molecular flexibility index (Phi) is 4.72. The number of anilines is 2. The van der Waals surface area contributed by atoms with Gasteiger partial charge < -0.3 is 20.1 Å². The van der Waals surface area contributed by atoms with Crippen LogP contribution in [0.4, 0.5) is 17.1 Å². The lowest BCUT2D eigenvalue weighted by atomic mass is 9.78. The van der Waals surface area contributed by atoms with Gasteiger partial charge in [-0.15, -0.1) is 0 Å². The zero-order valence-electron chi connectivity index (χ0n) is 18.1. The van der Waals surface area contributed by atoms with Gasteiger partial charge in [-0.3, -0.25) is 14.9 Å². The molecule has 0 aromatic heterocycles. The molecule has 3 aromatic rings. The molecule has 0 spiro atoms. The number of nitro groups is 1. The Hall–Kier alpha value is -4.33. The monoisotopic (exact) mass is 455 g/mol. The van der Waals surface area contributed by atoms with E-state index in [1.165, 1.54) is 6.07 Å². The van der Waals surface area contributed by atoms with Gasteiger partial charge in [0.15, 0.2) is 17.3 Å². The van der Waals surface area contributed by atoms with E-state index in [4.69, 9.17) is 9.47 Å². The second-order valence-electron chi connectivity index (χ2n) is 8.60. The minimum absolute atomic E-state index is 0.00403. The molecule has 34 heavy (non-hydrogen) atoms. The minimum Gasteiger partial charge on any atom is -0.454 e. The molecule has 3 aromatic carbocycles. The summed E-state index contributed by atoms with van der Waals surface area (Å²) in [5.74, 6) is 0.744. The highest BCUT2D eigenvalue weighted by molar-refractivity contribution is 6.01. The van der Waals surface area contributed by atoms with Gasteiger partial charge >= 0.3 is 0 Å². The van der Waals surface area contributed by atoms with E-state index < -0.39 is 11.0 Å². The van der Waals surface area contributed by atoms with Gasteiger partial charge in [-0.2, -0.15) is 0 Å². The van der Waals surface area contributed by atoms with Gasteiger partial charge in [0.2, 0.25) is 6.79 Å². The molecule has 6 rings (SSSR count). The predicted octanol–water partition coefficient (Wildman–Crippen LogP) is 5.30. The van der Waals surface area contributed by atoms with E-state index >= 15 is 0 Å². The summed E-state index contributed by atoms with van der Waals surface area (Å²) in [5, 5.41) is 18.9. The van der Waals surface area contributed by atoms with Crippen LogP contribution in [0.1, 0.15) is 35.9 Å². The molecule has 0 fully saturated rings. The first-order chi connectivity index (χ1) is 16.6. The van der Waals surface area contributed by atoms with Crippen LogP contribution in [0, 0.1) is 10.1 Å². The molecule has 0 bridgehead atoms. The maximum Gasteiger partial charge on any atom is 0.279 e. The number of rotatable bonds is 3. The molecule has 2 atom stereocenters. The fourth-order valence-corrected chi connectivity index (χ4v) is 5.02. The number of nitrogens with one attached hydrogen (secondary N) is 2. The average Bonchev–Trinajstić information content (AvgIpc) is 3.24. The first-order valence-electron chi connectivity index (χ1n) is 11.1. The van der Waals surface area contributed by atoms with Crippen LogP contribution in [0.15, 0.2) is 78.0 Å². The molecule has 8 heteroatoms. The molecular weight excluding hydrogens is 434 g/mol. The number of hydrogen-bond acceptors (Lipinski definition) is 7. The number of para-hydroxylation sites is 2. The number of ether oxygens (including phenoxy) is 2. The van der Waals surface area contributed by atoms with Crippen molar-refractivity contribution in [3.05, 3.63) is 99.2 Å². The maximum atomic E-state index is 13.7. The minimum atomic E-state index is -0.717. The highest BCUT2D eigenvalue weighted by Gasteiger charge is 2.39. The molecule has 0 radical (unpaired) electrons. The number of benzene rings is 3. The van der Waals surface area contributed by atoms with Crippen LogP contribution >= 0.6 is 0 Å². The SMILES string of the molecule is O=C1C[C@@H](c2ccccc2)CC2=C1[C@H](c1cc3c(cc1[N+](=O)[O-])OCO3)Nc1ccccc1N2. The third kappa shape index (κ3) is 3.35.